The van der Waals surface area contributed by atoms with Crippen LogP contribution in [0.15, 0.2) is 138 Å². The Morgan fingerprint density at radius 3 is 1.87 bits per heavy atom. The highest BCUT2D eigenvalue weighted by molar-refractivity contribution is 6.18. The van der Waals surface area contributed by atoms with E-state index < -0.39 is 0 Å². The van der Waals surface area contributed by atoms with Crippen LogP contribution in [0, 0.1) is 13.8 Å². The number of aromatic amines is 1. The molecule has 1 aliphatic heterocycles. The van der Waals surface area contributed by atoms with Gasteiger partial charge in [0, 0.05) is 28.1 Å². The Morgan fingerprint density at radius 1 is 0.564 bits per heavy atom. The summed E-state index contributed by atoms with van der Waals surface area (Å²) >= 11 is 0. The first-order valence-electron chi connectivity index (χ1n) is 13.4. The van der Waals surface area contributed by atoms with E-state index in [1.54, 1.807) is 0 Å². The van der Waals surface area contributed by atoms with E-state index in [0.717, 1.165) is 33.9 Å². The van der Waals surface area contributed by atoms with Crippen LogP contribution in [0.3, 0.4) is 0 Å². The molecule has 0 bridgehead atoms. The van der Waals surface area contributed by atoms with Crippen LogP contribution < -0.4 is 0 Å². The van der Waals surface area contributed by atoms with Gasteiger partial charge in [0.1, 0.15) is 0 Å². The number of nitrogens with one attached hydrogen (secondary N) is 1. The van der Waals surface area contributed by atoms with Crippen molar-refractivity contribution in [2.75, 3.05) is 0 Å². The summed E-state index contributed by atoms with van der Waals surface area (Å²) in [6.07, 6.45) is 4.32. The summed E-state index contributed by atoms with van der Waals surface area (Å²) in [5, 5.41) is 4.92. The highest BCUT2D eigenvalue weighted by Gasteiger charge is 2.20. The van der Waals surface area contributed by atoms with Gasteiger partial charge >= 0.3 is 0 Å². The number of hydrogen-bond donors (Lipinski definition) is 1. The predicted molar refractivity (Wildman–Crippen MR) is 165 cm³/mol. The van der Waals surface area contributed by atoms with E-state index in [1.807, 2.05) is 0 Å². The second-order valence-corrected chi connectivity index (χ2v) is 10.2. The molecule has 5 aromatic carbocycles. The van der Waals surface area contributed by atoms with Gasteiger partial charge in [-0.15, -0.1) is 0 Å². The van der Waals surface area contributed by atoms with Gasteiger partial charge < -0.3 is 4.98 Å². The Bertz CT molecular complexity index is 1950. The molecule has 2 nitrogen and oxygen atoms in total. The van der Waals surface area contributed by atoms with Gasteiger partial charge in [-0.1, -0.05) is 103 Å². The van der Waals surface area contributed by atoms with Crippen molar-refractivity contribution in [2.45, 2.75) is 13.8 Å². The molecule has 6 aromatic rings. The standard InChI is InChI=1S/C37H28N2/c1-24-10-7-11-25(2)36(24)37(34-22-20-32(38-34)30-18-8-14-26-12-3-5-16-28(26)30)35-23-21-33(39-35)31-19-9-15-27-13-4-6-17-29(27)31/h3-23,38H,1-2H3/b37-35+. The van der Waals surface area contributed by atoms with E-state index in [1.165, 1.54) is 43.8 Å². The molecule has 0 atom stereocenters. The van der Waals surface area contributed by atoms with Gasteiger partial charge in [0.2, 0.25) is 0 Å². The molecular weight excluding hydrogens is 472 g/mol. The predicted octanol–water partition coefficient (Wildman–Crippen LogP) is 9.42. The lowest BCUT2D eigenvalue weighted by Crippen LogP contribution is -1.99. The second-order valence-electron chi connectivity index (χ2n) is 10.2. The fraction of sp³-hybridized carbons (Fsp3) is 0.0541. The van der Waals surface area contributed by atoms with Crippen molar-refractivity contribution in [3.8, 4) is 11.3 Å². The van der Waals surface area contributed by atoms with Crippen molar-refractivity contribution in [1.82, 2.24) is 4.98 Å². The van der Waals surface area contributed by atoms with Crippen molar-refractivity contribution >= 4 is 32.8 Å². The lowest BCUT2D eigenvalue weighted by Gasteiger charge is -2.15. The van der Waals surface area contributed by atoms with Crippen LogP contribution in [0.25, 0.3) is 38.4 Å². The summed E-state index contributed by atoms with van der Waals surface area (Å²) in [5.74, 6) is 0. The van der Waals surface area contributed by atoms with Crippen LogP contribution in [0.1, 0.15) is 27.9 Å². The van der Waals surface area contributed by atoms with Gasteiger partial charge in [0.05, 0.1) is 11.4 Å². The van der Waals surface area contributed by atoms with Crippen LogP contribution in [0.2, 0.25) is 0 Å². The maximum Gasteiger partial charge on any atom is 0.0737 e. The molecule has 0 saturated carbocycles. The Labute approximate surface area is 228 Å². The van der Waals surface area contributed by atoms with Crippen LogP contribution >= 0.6 is 0 Å². The van der Waals surface area contributed by atoms with Gasteiger partial charge in [-0.25, -0.2) is 4.99 Å². The minimum Gasteiger partial charge on any atom is -0.354 e. The fourth-order valence-corrected chi connectivity index (χ4v) is 5.87. The van der Waals surface area contributed by atoms with Crippen LogP contribution in [-0.2, 0) is 0 Å². The SMILES string of the molecule is Cc1cccc(C)c1/C(=C1\C=CC(c2cccc3ccccc23)=N1)c1ccc(-c2cccc3ccccc23)[nH]1. The van der Waals surface area contributed by atoms with Gasteiger partial charge in [-0.05, 0) is 76.4 Å². The molecule has 0 aliphatic carbocycles. The lowest BCUT2D eigenvalue weighted by atomic mass is 9.92. The molecule has 1 N–H and O–H groups in total. The third-order valence-electron chi connectivity index (χ3n) is 7.73. The number of rotatable bonds is 4. The molecule has 7 rings (SSSR count). The number of nitrogens with zero attached hydrogens (tertiary/aromatic N) is 1. The van der Waals surface area contributed by atoms with Crippen LogP contribution in [0.4, 0.5) is 0 Å². The van der Waals surface area contributed by atoms with E-state index in [-0.39, 0.29) is 0 Å². The maximum atomic E-state index is 5.24. The van der Waals surface area contributed by atoms with Gasteiger partial charge in [0.25, 0.3) is 0 Å². The average molecular weight is 501 g/mol. The Kier molecular flexibility index (Phi) is 5.60. The van der Waals surface area contributed by atoms with Crippen LogP contribution in [0.5, 0.6) is 0 Å². The van der Waals surface area contributed by atoms with Crippen molar-refractivity contribution in [3.05, 3.63) is 161 Å². The molecule has 2 heterocycles. The summed E-state index contributed by atoms with van der Waals surface area (Å²) in [5.41, 5.74) is 11.3. The van der Waals surface area contributed by atoms with E-state index in [9.17, 15) is 0 Å². The van der Waals surface area contributed by atoms with Crippen molar-refractivity contribution in [3.63, 3.8) is 0 Å². The molecule has 0 amide bonds. The third kappa shape index (κ3) is 4.02. The molecule has 1 aliphatic rings. The quantitative estimate of drug-likeness (QED) is 0.250. The lowest BCUT2D eigenvalue weighted by molar-refractivity contribution is 1.27. The minimum absolute atomic E-state index is 0.974. The first-order chi connectivity index (χ1) is 19.2. The number of H-pyrrole nitrogens is 1. The Balaban J connectivity index is 1.43. The van der Waals surface area contributed by atoms with Crippen LogP contribution in [-0.4, -0.2) is 10.7 Å². The molecule has 2 heteroatoms. The molecule has 0 unspecified atom stereocenters. The molecule has 39 heavy (non-hydrogen) atoms. The highest BCUT2D eigenvalue weighted by Crippen LogP contribution is 2.37. The molecular formula is C37H28N2. The number of aryl methyl sites for hydroxylation is 2. The Morgan fingerprint density at radius 2 is 1.15 bits per heavy atom. The van der Waals surface area contributed by atoms with E-state index in [2.05, 4.69) is 146 Å². The van der Waals surface area contributed by atoms with E-state index in [0.29, 0.717) is 0 Å². The Hall–Kier alpha value is -4.95. The van der Waals surface area contributed by atoms with Crippen molar-refractivity contribution < 1.29 is 0 Å². The zero-order valence-electron chi connectivity index (χ0n) is 22.1. The first kappa shape index (κ1) is 23.2. The smallest absolute Gasteiger partial charge is 0.0737 e. The molecule has 0 radical (unpaired) electrons. The van der Waals surface area contributed by atoms with Gasteiger partial charge in [-0.3, -0.25) is 0 Å². The fourth-order valence-electron chi connectivity index (χ4n) is 5.87. The number of allylic oxidation sites excluding steroid dienone is 2. The molecule has 0 spiro atoms. The number of benzene rings is 5. The monoisotopic (exact) mass is 500 g/mol. The zero-order valence-corrected chi connectivity index (χ0v) is 22.1. The van der Waals surface area contributed by atoms with Crippen molar-refractivity contribution in [2.24, 2.45) is 4.99 Å². The number of hydrogen-bond acceptors (Lipinski definition) is 1. The molecule has 186 valence electrons. The summed E-state index contributed by atoms with van der Waals surface area (Å²) in [7, 11) is 0. The molecule has 0 saturated heterocycles. The molecule has 0 fully saturated rings. The summed E-state index contributed by atoms with van der Waals surface area (Å²) in [6, 6.07) is 40.9. The summed E-state index contributed by atoms with van der Waals surface area (Å²) in [6.45, 7) is 4.37. The number of aliphatic imine (C=N–C) groups is 1. The second kappa shape index (κ2) is 9.41. The summed E-state index contributed by atoms with van der Waals surface area (Å²) in [4.78, 5) is 9.02. The minimum atomic E-state index is 0.974. The zero-order chi connectivity index (χ0) is 26.3. The third-order valence-corrected chi connectivity index (χ3v) is 7.73. The molecule has 1 aromatic heterocycles. The van der Waals surface area contributed by atoms with E-state index >= 15 is 0 Å². The normalized spacial score (nSPS) is 14.3. The largest absolute Gasteiger partial charge is 0.354 e. The van der Waals surface area contributed by atoms with Gasteiger partial charge in [-0.2, -0.15) is 0 Å². The van der Waals surface area contributed by atoms with Crippen molar-refractivity contribution in [1.29, 1.82) is 0 Å². The number of aromatic nitrogens is 1. The summed E-state index contributed by atoms with van der Waals surface area (Å²) < 4.78 is 0. The van der Waals surface area contributed by atoms with Gasteiger partial charge in [0.15, 0.2) is 0 Å². The highest BCUT2D eigenvalue weighted by atomic mass is 14.8. The topological polar surface area (TPSA) is 28.1 Å². The first-order valence-corrected chi connectivity index (χ1v) is 13.4. The maximum absolute atomic E-state index is 5.24. The number of fused-ring (bicyclic) bond motifs is 2. The van der Waals surface area contributed by atoms with E-state index in [4.69, 9.17) is 4.99 Å². The average Bonchev–Trinajstić information content (AvgIpc) is 3.65.